The predicted molar refractivity (Wildman–Crippen MR) is 82.2 cm³/mol. The quantitative estimate of drug-likeness (QED) is 0.760. The highest BCUT2D eigenvalue weighted by Gasteiger charge is 2.60. The fourth-order valence-electron chi connectivity index (χ4n) is 3.22. The van der Waals surface area contributed by atoms with Gasteiger partial charge in [0.2, 0.25) is 6.23 Å². The van der Waals surface area contributed by atoms with Gasteiger partial charge in [0, 0.05) is 25.4 Å². The number of nitrogen functional groups attached to an aromatic ring is 1. The highest BCUT2D eigenvalue weighted by Crippen LogP contribution is 2.42. The van der Waals surface area contributed by atoms with Crippen molar-refractivity contribution in [3.05, 3.63) is 35.0 Å². The molecule has 25 heavy (non-hydrogen) atoms. The van der Waals surface area contributed by atoms with Crippen molar-refractivity contribution >= 4 is 11.6 Å². The molecule has 11 heteroatoms. The van der Waals surface area contributed by atoms with Gasteiger partial charge in [-0.15, -0.1) is 0 Å². The molecule has 3 N–H and O–H groups in total. The Balaban J connectivity index is 1.59. The Morgan fingerprint density at radius 1 is 1.40 bits per heavy atom. The van der Waals surface area contributed by atoms with Crippen molar-refractivity contribution in [2.75, 3.05) is 23.7 Å². The summed E-state index contributed by atoms with van der Waals surface area (Å²) >= 11 is 0. The maximum absolute atomic E-state index is 14.5. The Morgan fingerprint density at radius 3 is 2.96 bits per heavy atom. The third-order valence-electron chi connectivity index (χ3n) is 4.48. The average molecular weight is 354 g/mol. The van der Waals surface area contributed by atoms with Crippen LogP contribution >= 0.6 is 0 Å². The van der Waals surface area contributed by atoms with Crippen molar-refractivity contribution in [2.24, 2.45) is 0 Å². The largest absolute Gasteiger partial charge is 0.384 e. The fraction of sp³-hybridized carbons (Fsp3) is 0.500. The summed E-state index contributed by atoms with van der Waals surface area (Å²) in [5, 5.41) is 14.2. The lowest BCUT2D eigenvalue weighted by Gasteiger charge is -2.23. The molecule has 2 aliphatic heterocycles. The number of anilines is 2. The van der Waals surface area contributed by atoms with Crippen LogP contribution in [-0.4, -0.2) is 55.7 Å². The highest BCUT2D eigenvalue weighted by atomic mass is 19.3. The molecular formula is C14H16F2N6O3. The van der Waals surface area contributed by atoms with E-state index < -0.39 is 30.0 Å². The van der Waals surface area contributed by atoms with Crippen molar-refractivity contribution < 1.29 is 18.6 Å². The van der Waals surface area contributed by atoms with E-state index in [9.17, 15) is 18.7 Å². The van der Waals surface area contributed by atoms with Gasteiger partial charge in [-0.05, 0) is 6.07 Å². The smallest absolute Gasteiger partial charge is 0.351 e. The molecule has 3 atom stereocenters. The number of alkyl halides is 2. The van der Waals surface area contributed by atoms with Crippen LogP contribution in [0.4, 0.5) is 20.4 Å². The van der Waals surface area contributed by atoms with E-state index in [1.54, 1.807) is 16.9 Å². The van der Waals surface area contributed by atoms with E-state index in [-0.39, 0.29) is 12.4 Å². The number of hydrogen-bond acceptors (Lipinski definition) is 7. The lowest BCUT2D eigenvalue weighted by molar-refractivity contribution is -0.140. The summed E-state index contributed by atoms with van der Waals surface area (Å²) in [6, 6.07) is 2.98. The van der Waals surface area contributed by atoms with E-state index in [4.69, 9.17) is 10.5 Å². The average Bonchev–Trinajstić information content (AvgIpc) is 3.20. The Morgan fingerprint density at radius 2 is 2.20 bits per heavy atom. The first-order valence-corrected chi connectivity index (χ1v) is 7.70. The van der Waals surface area contributed by atoms with Crippen LogP contribution in [0, 0.1) is 0 Å². The SMILES string of the molecule is Nc1ccn([C@@H]2O[C@H](CN3CCn4nccc43)[C@@H](O)C2(F)F)c(=O)n1. The monoisotopic (exact) mass is 354 g/mol. The zero-order chi connectivity index (χ0) is 17.8. The zero-order valence-electron chi connectivity index (χ0n) is 13.0. The van der Waals surface area contributed by atoms with E-state index in [1.165, 1.54) is 6.07 Å². The zero-order valence-corrected chi connectivity index (χ0v) is 13.0. The lowest BCUT2D eigenvalue weighted by atomic mass is 10.1. The molecule has 4 heterocycles. The minimum absolute atomic E-state index is 0.0517. The molecule has 0 aliphatic carbocycles. The predicted octanol–water partition coefficient (Wildman–Crippen LogP) is -0.564. The van der Waals surface area contributed by atoms with E-state index in [0.29, 0.717) is 17.7 Å². The molecule has 0 radical (unpaired) electrons. The molecule has 0 bridgehead atoms. The Hall–Kier alpha value is -2.53. The molecule has 134 valence electrons. The van der Waals surface area contributed by atoms with Crippen molar-refractivity contribution in [1.82, 2.24) is 19.3 Å². The molecular weight excluding hydrogens is 338 g/mol. The number of nitrogens with zero attached hydrogens (tertiary/aromatic N) is 5. The van der Waals surface area contributed by atoms with Gasteiger partial charge in [0.1, 0.15) is 17.7 Å². The molecule has 0 saturated carbocycles. The number of aliphatic hydroxyl groups excluding tert-OH is 1. The number of rotatable bonds is 3. The molecule has 0 amide bonds. The highest BCUT2D eigenvalue weighted by molar-refractivity contribution is 5.41. The topological polar surface area (TPSA) is 111 Å². The van der Waals surface area contributed by atoms with Gasteiger partial charge in [0.15, 0.2) is 6.10 Å². The van der Waals surface area contributed by atoms with Gasteiger partial charge in [-0.3, -0.25) is 4.57 Å². The van der Waals surface area contributed by atoms with E-state index in [1.807, 2.05) is 4.90 Å². The standard InChI is InChI=1S/C14H16F2N6O3/c15-14(16)11(23)8(7-20-5-6-22-10(20)1-3-18-22)25-12(14)21-4-2-9(17)19-13(21)24/h1-4,8,11-12,23H,5-7H2,(H2,17,19,24)/t8-,11-,12-/m1/s1. The number of aliphatic hydroxyl groups is 1. The summed E-state index contributed by atoms with van der Waals surface area (Å²) in [4.78, 5) is 17.1. The molecule has 9 nitrogen and oxygen atoms in total. The second-order valence-electron chi connectivity index (χ2n) is 6.05. The number of fused-ring (bicyclic) bond motifs is 1. The second kappa shape index (κ2) is 5.49. The normalized spacial score (nSPS) is 27.6. The molecule has 2 aromatic rings. The van der Waals surface area contributed by atoms with Gasteiger partial charge >= 0.3 is 11.6 Å². The number of hydrogen-bond donors (Lipinski definition) is 2. The first kappa shape index (κ1) is 16.0. The van der Waals surface area contributed by atoms with E-state index in [2.05, 4.69) is 10.1 Å². The summed E-state index contributed by atoms with van der Waals surface area (Å²) < 4.78 is 36.7. The molecule has 2 aromatic heterocycles. The van der Waals surface area contributed by atoms with Crippen LogP contribution in [0.5, 0.6) is 0 Å². The maximum atomic E-state index is 14.5. The van der Waals surface area contributed by atoms with Gasteiger partial charge in [-0.25, -0.2) is 9.48 Å². The Kier molecular flexibility index (Phi) is 3.51. The van der Waals surface area contributed by atoms with Crippen LogP contribution in [0.2, 0.25) is 0 Å². The summed E-state index contributed by atoms with van der Waals surface area (Å²) in [5.74, 6) is -2.95. The van der Waals surface area contributed by atoms with E-state index in [0.717, 1.165) is 12.0 Å². The molecule has 0 aromatic carbocycles. The van der Waals surface area contributed by atoms with Crippen LogP contribution in [0.15, 0.2) is 29.3 Å². The van der Waals surface area contributed by atoms with Crippen LogP contribution in [0.1, 0.15) is 6.23 Å². The maximum Gasteiger partial charge on any atom is 0.351 e. The molecule has 1 saturated heterocycles. The van der Waals surface area contributed by atoms with Crippen LogP contribution in [-0.2, 0) is 11.3 Å². The number of aromatic nitrogens is 4. The molecule has 0 spiro atoms. The molecule has 4 rings (SSSR count). The van der Waals surface area contributed by atoms with E-state index >= 15 is 0 Å². The van der Waals surface area contributed by atoms with Crippen molar-refractivity contribution in [3.8, 4) is 0 Å². The third kappa shape index (κ3) is 2.46. The van der Waals surface area contributed by atoms with Crippen LogP contribution in [0.3, 0.4) is 0 Å². The van der Waals surface area contributed by atoms with Gasteiger partial charge in [-0.2, -0.15) is 18.9 Å². The summed E-state index contributed by atoms with van der Waals surface area (Å²) in [6.45, 7) is 1.26. The van der Waals surface area contributed by atoms with Crippen LogP contribution in [0.25, 0.3) is 0 Å². The third-order valence-corrected chi connectivity index (χ3v) is 4.48. The van der Waals surface area contributed by atoms with Gasteiger partial charge < -0.3 is 20.5 Å². The Bertz CT molecular complexity index is 853. The molecule has 2 aliphatic rings. The fourth-order valence-corrected chi connectivity index (χ4v) is 3.22. The number of ether oxygens (including phenoxy) is 1. The minimum atomic E-state index is -3.65. The number of nitrogens with two attached hydrogens (primary N) is 1. The van der Waals surface area contributed by atoms with Gasteiger partial charge in [-0.1, -0.05) is 0 Å². The molecule has 1 fully saturated rings. The van der Waals surface area contributed by atoms with Crippen molar-refractivity contribution in [1.29, 1.82) is 0 Å². The second-order valence-corrected chi connectivity index (χ2v) is 6.05. The summed E-state index contributed by atoms with van der Waals surface area (Å²) in [6.07, 6.45) is -2.47. The van der Waals surface area contributed by atoms with Crippen molar-refractivity contribution in [2.45, 2.75) is 30.9 Å². The van der Waals surface area contributed by atoms with Crippen molar-refractivity contribution in [3.63, 3.8) is 0 Å². The summed E-state index contributed by atoms with van der Waals surface area (Å²) in [5.41, 5.74) is 4.41. The Labute approximate surface area is 140 Å². The number of halogens is 2. The van der Waals surface area contributed by atoms with Gasteiger partial charge in [0.25, 0.3) is 0 Å². The first-order valence-electron chi connectivity index (χ1n) is 7.70. The lowest BCUT2D eigenvalue weighted by Crippen LogP contribution is -2.43. The minimum Gasteiger partial charge on any atom is -0.384 e. The van der Waals surface area contributed by atoms with Crippen LogP contribution < -0.4 is 16.3 Å². The summed E-state index contributed by atoms with van der Waals surface area (Å²) in [7, 11) is 0. The first-order chi connectivity index (χ1) is 11.9. The molecule has 0 unspecified atom stereocenters. The van der Waals surface area contributed by atoms with Gasteiger partial charge in [0.05, 0.1) is 12.7 Å².